The number of unbranched alkanes of at least 4 members (excludes halogenated alkanes) is 1. The molecule has 0 saturated carbocycles. The number of benzene rings is 3. The summed E-state index contributed by atoms with van der Waals surface area (Å²) in [5.74, 6) is 0.134. The van der Waals surface area contributed by atoms with Crippen LogP contribution in [0.2, 0.25) is 0 Å². The summed E-state index contributed by atoms with van der Waals surface area (Å²) < 4.78 is 13.6. The number of nitrogens with zero attached hydrogens (tertiary/aromatic N) is 5. The number of hydrogen-bond donors (Lipinski definition) is 5. The summed E-state index contributed by atoms with van der Waals surface area (Å²) in [7, 11) is 0. The van der Waals surface area contributed by atoms with Crippen LogP contribution in [0.15, 0.2) is 107 Å². The van der Waals surface area contributed by atoms with E-state index in [4.69, 9.17) is 14.5 Å². The standard InChI is InChI=1S/C61H77N9O7/c1-37-14-20-47(21-15-37)56-54-40(4)39(3)31-50(54)70-42(6)67-68-58(70)49(65-56)33-52(72)64-41(5)45-22-16-43(17-23-45)13-10-11-28-76-29-12-30-77-36-53(73)66-57(61(7,8)9)60(75)69-35-48(71)32-51(69)59(74)63-34-44-18-24-46(25-19-44)55-38(2)26-27-62-55/h14-27,41,48-49,51,57,62,71H,10-13,28-36H2,1-9H3,(H,63,74)(H,64,72)(H,66,73)/t41?,48?,49?,51-,57+/m0/s1. The number of aliphatic hydroxyl groups is 1. The number of carbonyl (C=O) groups excluding carboxylic acids is 4. The molecule has 1 aliphatic carbocycles. The Morgan fingerprint density at radius 3 is 2.19 bits per heavy atom. The Balaban J connectivity index is 0.719. The van der Waals surface area contributed by atoms with Crippen molar-refractivity contribution >= 4 is 35.0 Å². The molecule has 1 saturated heterocycles. The molecule has 408 valence electrons. The molecule has 4 heterocycles. The first-order chi connectivity index (χ1) is 36.9. The number of amides is 4. The van der Waals surface area contributed by atoms with Gasteiger partial charge in [-0.15, -0.1) is 10.2 Å². The fourth-order valence-corrected chi connectivity index (χ4v) is 10.5. The fourth-order valence-electron chi connectivity index (χ4n) is 10.5. The summed E-state index contributed by atoms with van der Waals surface area (Å²) in [6.45, 7) is 19.4. The minimum absolute atomic E-state index is 0.00454. The average Bonchev–Trinajstić information content (AvgIpc) is 4.17. The number of aliphatic hydroxyl groups excluding tert-OH is 1. The molecule has 16 heteroatoms. The minimum Gasteiger partial charge on any atom is -0.391 e. The number of β-amino-alcohol motifs (C(OH)–C–C–N with tert-alkyl or cyclic N) is 1. The Morgan fingerprint density at radius 2 is 1.49 bits per heavy atom. The Bertz CT molecular complexity index is 3000. The number of H-pyrrole nitrogens is 1. The summed E-state index contributed by atoms with van der Waals surface area (Å²) in [5, 5.41) is 28.6. The topological polar surface area (TPSA) is 205 Å². The van der Waals surface area contributed by atoms with E-state index in [0.717, 1.165) is 82.0 Å². The zero-order valence-corrected chi connectivity index (χ0v) is 46.3. The van der Waals surface area contributed by atoms with E-state index >= 15 is 0 Å². The maximum Gasteiger partial charge on any atom is 0.246 e. The van der Waals surface area contributed by atoms with Crippen LogP contribution in [0.25, 0.3) is 17.0 Å². The first kappa shape index (κ1) is 56.2. The molecule has 5 aromatic rings. The predicted octanol–water partition coefficient (Wildman–Crippen LogP) is 8.52. The zero-order valence-electron chi connectivity index (χ0n) is 46.3. The summed E-state index contributed by atoms with van der Waals surface area (Å²) in [4.78, 5) is 64.3. The van der Waals surface area contributed by atoms with E-state index in [1.165, 1.54) is 27.2 Å². The highest BCUT2D eigenvalue weighted by molar-refractivity contribution is 6.19. The molecule has 8 rings (SSSR count). The number of aryl methyl sites for hydroxylation is 4. The van der Waals surface area contributed by atoms with Crippen molar-refractivity contribution in [1.29, 1.82) is 0 Å². The van der Waals surface area contributed by atoms with E-state index in [1.54, 1.807) is 0 Å². The van der Waals surface area contributed by atoms with Crippen LogP contribution in [0.3, 0.4) is 0 Å². The number of fused-ring (bicyclic) bond motifs is 2. The molecule has 0 spiro atoms. The number of nitrogens with one attached hydrogen (secondary N) is 4. The second kappa shape index (κ2) is 25.0. The van der Waals surface area contributed by atoms with Crippen molar-refractivity contribution in [2.24, 2.45) is 10.4 Å². The Morgan fingerprint density at radius 1 is 0.805 bits per heavy atom. The molecule has 2 aliphatic heterocycles. The van der Waals surface area contributed by atoms with Crippen molar-refractivity contribution in [3.8, 4) is 11.3 Å². The average molecular weight is 1050 g/mol. The van der Waals surface area contributed by atoms with E-state index in [0.29, 0.717) is 32.1 Å². The van der Waals surface area contributed by atoms with Gasteiger partial charge in [-0.2, -0.15) is 0 Å². The van der Waals surface area contributed by atoms with Gasteiger partial charge in [-0.3, -0.25) is 28.7 Å². The van der Waals surface area contributed by atoms with E-state index in [1.807, 2.05) is 78.1 Å². The number of rotatable bonds is 22. The SMILES string of the molecule is CC1=C(C)C2=C(C1)n1c(C)nnc1C(CC(=O)NC(C)c1ccc(CCCCOCCCOCC(=O)N[C@H](C(=O)N3CC(O)C[C@H]3C(=O)NCc3ccc(-c4[nH]ccc4C)cc3)C(C)(C)C)cc1)N=C2c1ccc(C)cc1. The molecule has 16 nitrogen and oxygen atoms in total. The number of ether oxygens (including phenoxy) is 2. The number of carbonyl (C=O) groups is 4. The molecular weight excluding hydrogens is 971 g/mol. The minimum atomic E-state index is -0.945. The molecular formula is C61H77N9O7. The highest BCUT2D eigenvalue weighted by Gasteiger charge is 2.44. The molecule has 1 fully saturated rings. The molecule has 77 heavy (non-hydrogen) atoms. The highest BCUT2D eigenvalue weighted by atomic mass is 16.5. The predicted molar refractivity (Wildman–Crippen MR) is 299 cm³/mol. The van der Waals surface area contributed by atoms with Gasteiger partial charge >= 0.3 is 0 Å². The first-order valence-electron chi connectivity index (χ1n) is 27.2. The summed E-state index contributed by atoms with van der Waals surface area (Å²) in [6, 6.07) is 24.2. The van der Waals surface area contributed by atoms with E-state index in [9.17, 15) is 24.3 Å². The zero-order chi connectivity index (χ0) is 55.0. The number of allylic oxidation sites excluding steroid dienone is 4. The van der Waals surface area contributed by atoms with Gasteiger partial charge in [-0.25, -0.2) is 0 Å². The Labute approximate surface area is 453 Å². The lowest BCUT2D eigenvalue weighted by Crippen LogP contribution is -2.58. The molecule has 5 N–H and O–H groups in total. The molecule has 3 aliphatic rings. The van der Waals surface area contributed by atoms with Crippen LogP contribution in [0.5, 0.6) is 0 Å². The molecule has 0 radical (unpaired) electrons. The van der Waals surface area contributed by atoms with E-state index < -0.39 is 41.5 Å². The van der Waals surface area contributed by atoms with Crippen molar-refractivity contribution in [3.05, 3.63) is 147 Å². The van der Waals surface area contributed by atoms with Gasteiger partial charge in [-0.05, 0) is 112 Å². The van der Waals surface area contributed by atoms with Crippen molar-refractivity contribution in [3.63, 3.8) is 0 Å². The van der Waals surface area contributed by atoms with Crippen LogP contribution in [-0.4, -0.2) is 110 Å². The van der Waals surface area contributed by atoms with Gasteiger partial charge in [-0.1, -0.05) is 105 Å². The number of aromatic nitrogens is 4. The van der Waals surface area contributed by atoms with Crippen molar-refractivity contribution in [2.75, 3.05) is 33.0 Å². The monoisotopic (exact) mass is 1050 g/mol. The van der Waals surface area contributed by atoms with Crippen LogP contribution in [0.1, 0.15) is 137 Å². The second-order valence-corrected chi connectivity index (χ2v) is 22.1. The number of aromatic amines is 1. The van der Waals surface area contributed by atoms with Crippen molar-refractivity contribution < 1.29 is 33.8 Å². The molecule has 3 unspecified atom stereocenters. The smallest absolute Gasteiger partial charge is 0.246 e. The van der Waals surface area contributed by atoms with Crippen LogP contribution in [0.4, 0.5) is 0 Å². The van der Waals surface area contributed by atoms with E-state index in [2.05, 4.69) is 105 Å². The van der Waals surface area contributed by atoms with Gasteiger partial charge in [0.15, 0.2) is 5.82 Å². The number of hydrogen-bond acceptors (Lipinski definition) is 10. The third kappa shape index (κ3) is 13.8. The van der Waals surface area contributed by atoms with Crippen molar-refractivity contribution in [1.82, 2.24) is 40.6 Å². The van der Waals surface area contributed by atoms with Gasteiger partial charge in [0, 0.05) is 74.5 Å². The molecule has 0 bridgehead atoms. The van der Waals surface area contributed by atoms with E-state index in [-0.39, 0.29) is 50.4 Å². The van der Waals surface area contributed by atoms with Crippen LogP contribution in [0, 0.1) is 26.2 Å². The third-order valence-electron chi connectivity index (χ3n) is 15.0. The van der Waals surface area contributed by atoms with Gasteiger partial charge < -0.3 is 40.4 Å². The lowest BCUT2D eigenvalue weighted by atomic mass is 9.85. The van der Waals surface area contributed by atoms with Crippen LogP contribution in [-0.2, 0) is 41.6 Å². The van der Waals surface area contributed by atoms with Gasteiger partial charge in [0.25, 0.3) is 0 Å². The molecule has 3 aromatic carbocycles. The molecule has 4 amide bonds. The maximum atomic E-state index is 14.0. The largest absolute Gasteiger partial charge is 0.391 e. The quantitative estimate of drug-likeness (QED) is 0.0421. The lowest BCUT2D eigenvalue weighted by Gasteiger charge is -2.35. The highest BCUT2D eigenvalue weighted by Crippen LogP contribution is 2.42. The summed E-state index contributed by atoms with van der Waals surface area (Å²) >= 11 is 0. The van der Waals surface area contributed by atoms with Crippen LogP contribution < -0.4 is 16.0 Å². The molecule has 2 aromatic heterocycles. The number of likely N-dealkylation sites (tertiary alicyclic amines) is 1. The van der Waals surface area contributed by atoms with Gasteiger partial charge in [0.2, 0.25) is 23.6 Å². The summed E-state index contributed by atoms with van der Waals surface area (Å²) in [5.41, 5.74) is 13.5. The Kier molecular flexibility index (Phi) is 18.2. The van der Waals surface area contributed by atoms with Crippen molar-refractivity contribution in [2.45, 2.75) is 144 Å². The second-order valence-electron chi connectivity index (χ2n) is 22.1. The van der Waals surface area contributed by atoms with Crippen LogP contribution >= 0.6 is 0 Å². The maximum absolute atomic E-state index is 14.0. The fraction of sp³-hybridized carbons (Fsp3) is 0.459. The Hall–Kier alpha value is -7.01. The van der Waals surface area contributed by atoms with Gasteiger partial charge in [0.05, 0.1) is 24.3 Å². The lowest BCUT2D eigenvalue weighted by molar-refractivity contribution is -0.144. The first-order valence-corrected chi connectivity index (χ1v) is 27.2. The summed E-state index contributed by atoms with van der Waals surface area (Å²) in [6.07, 6.45) is 5.39. The molecule has 5 atom stereocenters. The van der Waals surface area contributed by atoms with Gasteiger partial charge in [0.1, 0.15) is 30.6 Å². The normalized spacial score (nSPS) is 18.1. The number of aliphatic imine (C=N–C) groups is 1. The third-order valence-corrected chi connectivity index (χ3v) is 15.0.